The van der Waals surface area contributed by atoms with Crippen molar-refractivity contribution in [3.05, 3.63) is 23.8 Å². The molecule has 0 spiro atoms. The molecule has 2 saturated carbocycles. The van der Waals surface area contributed by atoms with Crippen LogP contribution in [0, 0.1) is 40.4 Å². The van der Waals surface area contributed by atoms with E-state index in [1.54, 1.807) is 6.92 Å². The maximum Gasteiger partial charge on any atom is 0.438 e. The Morgan fingerprint density at radius 1 is 1.00 bits per heavy atom. The van der Waals surface area contributed by atoms with Crippen LogP contribution in [0.5, 0.6) is 0 Å². The molecular weight excluding hydrogens is 498 g/mol. The molecule has 9 heteroatoms. The van der Waals surface area contributed by atoms with Crippen LogP contribution in [-0.2, 0) is 0 Å². The van der Waals surface area contributed by atoms with Crippen molar-refractivity contribution in [3.8, 4) is 11.8 Å². The van der Waals surface area contributed by atoms with Gasteiger partial charge in [0, 0.05) is 6.42 Å². The number of aliphatic hydroxyl groups is 3. The molecule has 0 aromatic rings. The fraction of sp³-hybridized carbons (Fsp3) is 0.786. The van der Waals surface area contributed by atoms with Crippen molar-refractivity contribution < 1.29 is 41.7 Å². The maximum absolute atomic E-state index is 12.8. The van der Waals surface area contributed by atoms with E-state index in [1.807, 2.05) is 18.1 Å². The highest BCUT2D eigenvalue weighted by Gasteiger charge is 2.70. The van der Waals surface area contributed by atoms with Crippen LogP contribution in [0.15, 0.2) is 23.8 Å². The van der Waals surface area contributed by atoms with Gasteiger partial charge in [0.25, 0.3) is 0 Å². The molecule has 2 aliphatic rings. The van der Waals surface area contributed by atoms with Crippen LogP contribution in [-0.4, -0.2) is 45.5 Å². The number of halogens is 6. The average Bonchev–Trinajstić information content (AvgIpc) is 2.95. The summed E-state index contributed by atoms with van der Waals surface area (Å²) in [5, 5.41) is 28.9. The summed E-state index contributed by atoms with van der Waals surface area (Å²) in [7, 11) is 0. The van der Waals surface area contributed by atoms with Crippen LogP contribution in [0.1, 0.15) is 79.6 Å². The molecular formula is C28H40F6O3. The zero-order valence-electron chi connectivity index (χ0n) is 22.2. The van der Waals surface area contributed by atoms with Gasteiger partial charge in [-0.05, 0) is 73.0 Å². The molecule has 0 aromatic carbocycles. The molecule has 3 N–H and O–H groups in total. The van der Waals surface area contributed by atoms with E-state index in [0.717, 1.165) is 24.3 Å². The van der Waals surface area contributed by atoms with Crippen molar-refractivity contribution in [1.29, 1.82) is 0 Å². The standard InChI is InChI=1S/C28H40F6O3/c1-18(8-7-12-26(37,27(29,30)31)28(32,33)34)14-19(2)25(5)13-11-21(24(25,3)4)10-6-9-20-15-22(35)17-23(36)16-20/h6,9-10,18-19,21-23,35-37H,8,11,13-17H2,1-5H3/b10-6+/t18?,19-,21+,22+,23+,25+/m0/s1. The van der Waals surface area contributed by atoms with Crippen molar-refractivity contribution in [2.75, 3.05) is 0 Å². The SMILES string of the molecule is CC(CC#CC(O)(C(F)(F)F)C(F)(F)F)C[C@H](C)[C@@]1(C)CC[C@@H](/C=C/C=C2C[C@@H](O)C[C@H](O)C2)C1(C)C. The average molecular weight is 539 g/mol. The highest BCUT2D eigenvalue weighted by molar-refractivity contribution is 5.21. The first-order valence-electron chi connectivity index (χ1n) is 12.8. The van der Waals surface area contributed by atoms with Gasteiger partial charge < -0.3 is 15.3 Å². The summed E-state index contributed by atoms with van der Waals surface area (Å²) in [6.07, 6.45) is -3.10. The van der Waals surface area contributed by atoms with Gasteiger partial charge in [-0.3, -0.25) is 0 Å². The van der Waals surface area contributed by atoms with E-state index in [-0.39, 0.29) is 35.0 Å². The van der Waals surface area contributed by atoms with Crippen LogP contribution in [0.25, 0.3) is 0 Å². The van der Waals surface area contributed by atoms with Gasteiger partial charge in [-0.2, -0.15) is 26.3 Å². The molecule has 2 fully saturated rings. The molecule has 6 atom stereocenters. The van der Waals surface area contributed by atoms with E-state index in [0.29, 0.717) is 25.7 Å². The van der Waals surface area contributed by atoms with Gasteiger partial charge >= 0.3 is 18.0 Å². The molecule has 0 amide bonds. The predicted molar refractivity (Wildman–Crippen MR) is 130 cm³/mol. The second kappa shape index (κ2) is 11.3. The minimum Gasteiger partial charge on any atom is -0.393 e. The zero-order chi connectivity index (χ0) is 28.4. The second-order valence-electron chi connectivity index (χ2n) is 11.9. The first kappa shape index (κ1) is 31.7. The van der Waals surface area contributed by atoms with Gasteiger partial charge in [0.1, 0.15) is 0 Å². The van der Waals surface area contributed by atoms with Gasteiger partial charge in [-0.1, -0.05) is 64.3 Å². The Hall–Kier alpha value is -1.50. The van der Waals surface area contributed by atoms with Crippen LogP contribution in [0.4, 0.5) is 26.3 Å². The Morgan fingerprint density at radius 3 is 2.05 bits per heavy atom. The number of hydrogen-bond acceptors (Lipinski definition) is 3. The van der Waals surface area contributed by atoms with Crippen molar-refractivity contribution in [3.63, 3.8) is 0 Å². The van der Waals surface area contributed by atoms with Gasteiger partial charge in [0.05, 0.1) is 12.2 Å². The Bertz CT molecular complexity index is 882. The molecule has 2 aliphatic carbocycles. The van der Waals surface area contributed by atoms with E-state index in [2.05, 4.69) is 33.8 Å². The molecule has 3 nitrogen and oxygen atoms in total. The quantitative estimate of drug-likeness (QED) is 0.260. The number of rotatable bonds is 6. The topological polar surface area (TPSA) is 60.7 Å². The Labute approximate surface area is 216 Å². The molecule has 0 aromatic heterocycles. The lowest BCUT2D eigenvalue weighted by Gasteiger charge is -2.46. The van der Waals surface area contributed by atoms with Gasteiger partial charge in [-0.15, -0.1) is 0 Å². The minimum atomic E-state index is -5.94. The smallest absolute Gasteiger partial charge is 0.393 e. The lowest BCUT2D eigenvalue weighted by Crippen LogP contribution is -2.55. The number of alkyl halides is 6. The normalized spacial score (nSPS) is 30.6. The van der Waals surface area contributed by atoms with Gasteiger partial charge in [0.2, 0.25) is 0 Å². The lowest BCUT2D eigenvalue weighted by molar-refractivity contribution is -0.343. The molecule has 37 heavy (non-hydrogen) atoms. The molecule has 0 bridgehead atoms. The summed E-state index contributed by atoms with van der Waals surface area (Å²) >= 11 is 0. The first-order valence-corrected chi connectivity index (χ1v) is 12.8. The van der Waals surface area contributed by atoms with Crippen molar-refractivity contribution in [2.45, 2.75) is 110 Å². The van der Waals surface area contributed by atoms with Crippen molar-refractivity contribution >= 4 is 0 Å². The third-order valence-corrected chi connectivity index (χ3v) is 8.97. The monoisotopic (exact) mass is 538 g/mol. The second-order valence-corrected chi connectivity index (χ2v) is 11.9. The number of aliphatic hydroxyl groups excluding tert-OH is 2. The molecule has 0 aliphatic heterocycles. The lowest BCUT2D eigenvalue weighted by atomic mass is 9.58. The molecule has 0 radical (unpaired) electrons. The highest BCUT2D eigenvalue weighted by atomic mass is 19.4. The maximum atomic E-state index is 12.8. The highest BCUT2D eigenvalue weighted by Crippen LogP contribution is 2.61. The number of allylic oxidation sites excluding steroid dienone is 3. The summed E-state index contributed by atoms with van der Waals surface area (Å²) in [5.41, 5.74) is -4.27. The predicted octanol–water partition coefficient (Wildman–Crippen LogP) is 6.73. The third kappa shape index (κ3) is 6.93. The number of hydrogen-bond donors (Lipinski definition) is 3. The van der Waals surface area contributed by atoms with E-state index in [4.69, 9.17) is 0 Å². The van der Waals surface area contributed by atoms with Gasteiger partial charge in [0.15, 0.2) is 0 Å². The van der Waals surface area contributed by atoms with Crippen molar-refractivity contribution in [2.24, 2.45) is 28.6 Å². The molecule has 1 unspecified atom stereocenters. The van der Waals surface area contributed by atoms with Crippen LogP contribution < -0.4 is 0 Å². The summed E-state index contributed by atoms with van der Waals surface area (Å²) in [6, 6.07) is 0. The van der Waals surface area contributed by atoms with E-state index < -0.39 is 30.2 Å². The third-order valence-electron chi connectivity index (χ3n) is 8.97. The summed E-state index contributed by atoms with van der Waals surface area (Å²) in [4.78, 5) is 0. The fourth-order valence-corrected chi connectivity index (χ4v) is 6.01. The Balaban J connectivity index is 2.05. The Morgan fingerprint density at radius 2 is 1.54 bits per heavy atom. The van der Waals surface area contributed by atoms with Crippen LogP contribution >= 0.6 is 0 Å². The molecule has 0 saturated heterocycles. The minimum absolute atomic E-state index is 0.118. The molecule has 212 valence electrons. The summed E-state index contributed by atoms with van der Waals surface area (Å²) in [6.45, 7) is 10.4. The Kier molecular flexibility index (Phi) is 9.70. The fourth-order valence-electron chi connectivity index (χ4n) is 6.01. The van der Waals surface area contributed by atoms with E-state index >= 15 is 0 Å². The van der Waals surface area contributed by atoms with Crippen molar-refractivity contribution in [1.82, 2.24) is 0 Å². The van der Waals surface area contributed by atoms with E-state index in [1.165, 1.54) is 0 Å². The van der Waals surface area contributed by atoms with Gasteiger partial charge in [-0.25, -0.2) is 0 Å². The first-order chi connectivity index (χ1) is 16.7. The zero-order valence-corrected chi connectivity index (χ0v) is 22.2. The van der Waals surface area contributed by atoms with Crippen LogP contribution in [0.2, 0.25) is 0 Å². The molecule has 2 rings (SSSR count). The van der Waals surface area contributed by atoms with Crippen LogP contribution in [0.3, 0.4) is 0 Å². The summed E-state index contributed by atoms with van der Waals surface area (Å²) < 4.78 is 77.0. The molecule has 0 heterocycles. The largest absolute Gasteiger partial charge is 0.438 e. The summed E-state index contributed by atoms with van der Waals surface area (Å²) in [5.74, 6) is 3.13. The van der Waals surface area contributed by atoms with E-state index in [9.17, 15) is 41.7 Å².